The molecule has 0 radical (unpaired) electrons. The predicted molar refractivity (Wildman–Crippen MR) is 191 cm³/mol. The van der Waals surface area contributed by atoms with E-state index in [1.165, 1.54) is 32.1 Å². The molecule has 0 aliphatic heterocycles. The Labute approximate surface area is 291 Å². The molecule has 3 atom stereocenters. The lowest BCUT2D eigenvalue weighted by atomic mass is 10.1. The topological polar surface area (TPSA) is 149 Å². The van der Waals surface area contributed by atoms with Gasteiger partial charge in [0.25, 0.3) is 0 Å². The average molecular weight is 703 g/mol. The van der Waals surface area contributed by atoms with Gasteiger partial charge < -0.3 is 24.6 Å². The number of hydrogen-bond acceptors (Lipinski definition) is 9. The molecule has 3 N–H and O–H groups in total. The van der Waals surface area contributed by atoms with E-state index in [1.54, 1.807) is 0 Å². The number of phosphoric acid groups is 1. The molecule has 0 aromatic heterocycles. The number of phosphoric ester groups is 1. The quantitative estimate of drug-likeness (QED) is 0.0257. The van der Waals surface area contributed by atoms with E-state index < -0.39 is 51.8 Å². The van der Waals surface area contributed by atoms with Crippen molar-refractivity contribution >= 4 is 19.8 Å². The van der Waals surface area contributed by atoms with E-state index in [9.17, 15) is 24.2 Å². The first-order valence-corrected chi connectivity index (χ1v) is 19.9. The normalized spacial score (nSPS) is 14.5. The van der Waals surface area contributed by atoms with E-state index in [2.05, 4.69) is 54.8 Å². The largest absolute Gasteiger partial charge is 0.472 e. The van der Waals surface area contributed by atoms with Crippen LogP contribution in [0.2, 0.25) is 0 Å². The molecule has 0 amide bonds. The number of carbonyl (C=O) groups excluding carboxylic acids is 2. The molecule has 0 aromatic rings. The van der Waals surface area contributed by atoms with Gasteiger partial charge in [0.15, 0.2) is 6.10 Å². The highest BCUT2D eigenvalue weighted by atomic mass is 31.2. The monoisotopic (exact) mass is 702 g/mol. The summed E-state index contributed by atoms with van der Waals surface area (Å²) < 4.78 is 32.4. The van der Waals surface area contributed by atoms with Gasteiger partial charge in [0.1, 0.15) is 12.7 Å². The molecule has 3 unspecified atom stereocenters. The zero-order valence-electron chi connectivity index (χ0n) is 29.9. The van der Waals surface area contributed by atoms with Crippen LogP contribution in [0.4, 0.5) is 0 Å². The summed E-state index contributed by atoms with van der Waals surface area (Å²) in [6, 6.07) is 0. The Kier molecular flexibility index (Phi) is 32.4. The lowest BCUT2D eigenvalue weighted by Gasteiger charge is -2.20. The highest BCUT2D eigenvalue weighted by molar-refractivity contribution is 7.47. The van der Waals surface area contributed by atoms with Crippen molar-refractivity contribution in [3.8, 4) is 0 Å². The number of carbonyl (C=O) groups is 2. The number of hydrogen-bond donors (Lipinski definition) is 3. The van der Waals surface area contributed by atoms with Gasteiger partial charge in [-0.3, -0.25) is 18.6 Å². The Morgan fingerprint density at radius 1 is 0.625 bits per heavy atom. The second-order valence-corrected chi connectivity index (χ2v) is 13.7. The van der Waals surface area contributed by atoms with Crippen molar-refractivity contribution in [2.75, 3.05) is 26.4 Å². The van der Waals surface area contributed by atoms with Gasteiger partial charge in [-0.2, -0.15) is 0 Å². The molecule has 0 fully saturated rings. The minimum Gasteiger partial charge on any atom is -0.462 e. The van der Waals surface area contributed by atoms with E-state index in [1.807, 2.05) is 0 Å². The third kappa shape index (κ3) is 32.7. The average Bonchev–Trinajstić information content (AvgIpc) is 3.07. The Morgan fingerprint density at radius 3 is 1.67 bits per heavy atom. The lowest BCUT2D eigenvalue weighted by molar-refractivity contribution is -0.161. The second kappa shape index (κ2) is 33.7. The van der Waals surface area contributed by atoms with Gasteiger partial charge in [0, 0.05) is 12.8 Å². The van der Waals surface area contributed by atoms with E-state index in [4.69, 9.17) is 19.1 Å². The van der Waals surface area contributed by atoms with Crippen molar-refractivity contribution in [3.63, 3.8) is 0 Å². The van der Waals surface area contributed by atoms with Crippen LogP contribution < -0.4 is 0 Å². The summed E-state index contributed by atoms with van der Waals surface area (Å²) in [5.74, 6) is -0.952. The lowest BCUT2D eigenvalue weighted by Crippen LogP contribution is -2.29. The molecular formula is C37H67O10P. The SMILES string of the molecule is CCCCC/C=C\C/C=C\C/C=C\CCCCCCCCC(=O)OC(COC(=O)CCCCCCCC)COP(=O)(O)OCC(O)CO. The van der Waals surface area contributed by atoms with Crippen LogP contribution in [0.15, 0.2) is 36.5 Å². The van der Waals surface area contributed by atoms with Crippen molar-refractivity contribution < 1.29 is 47.8 Å². The van der Waals surface area contributed by atoms with Gasteiger partial charge in [-0.25, -0.2) is 4.57 Å². The molecule has 48 heavy (non-hydrogen) atoms. The summed E-state index contributed by atoms with van der Waals surface area (Å²) in [5, 5.41) is 18.2. The highest BCUT2D eigenvalue weighted by Crippen LogP contribution is 2.43. The molecule has 0 heterocycles. The molecule has 0 spiro atoms. The number of aliphatic hydroxyl groups is 2. The summed E-state index contributed by atoms with van der Waals surface area (Å²) in [5.41, 5.74) is 0. The van der Waals surface area contributed by atoms with Crippen LogP contribution in [0.25, 0.3) is 0 Å². The molecule has 0 rings (SSSR count). The molecule has 0 aliphatic carbocycles. The second-order valence-electron chi connectivity index (χ2n) is 12.3. The maximum atomic E-state index is 12.5. The third-order valence-corrected chi connectivity index (χ3v) is 8.50. The predicted octanol–water partition coefficient (Wildman–Crippen LogP) is 8.83. The fourth-order valence-electron chi connectivity index (χ4n) is 4.64. The summed E-state index contributed by atoms with van der Waals surface area (Å²) in [4.78, 5) is 34.6. The molecule has 11 heteroatoms. The summed E-state index contributed by atoms with van der Waals surface area (Å²) in [7, 11) is -4.61. The summed E-state index contributed by atoms with van der Waals surface area (Å²) in [6.07, 6.45) is 31.5. The zero-order valence-corrected chi connectivity index (χ0v) is 30.8. The van der Waals surface area contributed by atoms with E-state index >= 15 is 0 Å². The highest BCUT2D eigenvalue weighted by Gasteiger charge is 2.27. The molecule has 0 aromatic carbocycles. The maximum Gasteiger partial charge on any atom is 0.472 e. The minimum atomic E-state index is -4.61. The van der Waals surface area contributed by atoms with E-state index in [0.717, 1.165) is 77.0 Å². The van der Waals surface area contributed by atoms with Crippen LogP contribution in [0.3, 0.4) is 0 Å². The fraction of sp³-hybridized carbons (Fsp3) is 0.784. The minimum absolute atomic E-state index is 0.170. The Morgan fingerprint density at radius 2 is 1.08 bits per heavy atom. The molecule has 0 bridgehead atoms. The number of allylic oxidation sites excluding steroid dienone is 6. The maximum absolute atomic E-state index is 12.5. The van der Waals surface area contributed by atoms with Gasteiger partial charge in [0.05, 0.1) is 19.8 Å². The van der Waals surface area contributed by atoms with Crippen LogP contribution >= 0.6 is 7.82 Å². The Hall–Kier alpha value is -1.81. The molecule has 0 saturated carbocycles. The number of rotatable bonds is 34. The third-order valence-electron chi connectivity index (χ3n) is 7.55. The molecular weight excluding hydrogens is 635 g/mol. The van der Waals surface area contributed by atoms with Crippen LogP contribution in [0.1, 0.15) is 149 Å². The van der Waals surface area contributed by atoms with Gasteiger partial charge in [0.2, 0.25) is 0 Å². The van der Waals surface area contributed by atoms with Gasteiger partial charge in [-0.1, -0.05) is 121 Å². The summed E-state index contributed by atoms with van der Waals surface area (Å²) >= 11 is 0. The van der Waals surface area contributed by atoms with Crippen molar-refractivity contribution in [2.45, 2.75) is 161 Å². The van der Waals surface area contributed by atoms with Crippen molar-refractivity contribution in [1.29, 1.82) is 0 Å². The smallest absolute Gasteiger partial charge is 0.462 e. The first kappa shape index (κ1) is 46.2. The van der Waals surface area contributed by atoms with Crippen molar-refractivity contribution in [2.24, 2.45) is 0 Å². The van der Waals surface area contributed by atoms with Gasteiger partial charge in [-0.15, -0.1) is 0 Å². The van der Waals surface area contributed by atoms with Crippen LogP contribution in [0, 0.1) is 0 Å². The van der Waals surface area contributed by atoms with Crippen LogP contribution in [-0.4, -0.2) is 65.7 Å². The molecule has 10 nitrogen and oxygen atoms in total. The number of aliphatic hydroxyl groups excluding tert-OH is 2. The molecule has 0 aliphatic rings. The van der Waals surface area contributed by atoms with Crippen molar-refractivity contribution in [3.05, 3.63) is 36.5 Å². The van der Waals surface area contributed by atoms with E-state index in [-0.39, 0.29) is 19.4 Å². The summed E-state index contributed by atoms with van der Waals surface area (Å²) in [6.45, 7) is 2.24. The zero-order chi connectivity index (χ0) is 35.6. The molecule has 280 valence electrons. The first-order valence-electron chi connectivity index (χ1n) is 18.4. The van der Waals surface area contributed by atoms with Crippen molar-refractivity contribution in [1.82, 2.24) is 0 Å². The number of unbranched alkanes of at least 4 members (excludes halogenated alkanes) is 14. The molecule has 0 saturated heterocycles. The fourth-order valence-corrected chi connectivity index (χ4v) is 5.43. The Bertz CT molecular complexity index is 905. The van der Waals surface area contributed by atoms with Gasteiger partial charge in [-0.05, 0) is 51.4 Å². The van der Waals surface area contributed by atoms with Gasteiger partial charge >= 0.3 is 19.8 Å². The Balaban J connectivity index is 4.29. The standard InChI is InChI=1S/C37H67O10P/c1-3-5-7-9-11-12-13-14-15-16-17-18-19-20-21-22-23-25-27-29-37(41)47-35(33-46-48(42,43)45-31-34(39)30-38)32-44-36(40)28-26-24-10-8-6-4-2/h11-12,14-15,17-18,34-35,38-39H,3-10,13,16,19-33H2,1-2H3,(H,42,43)/b12-11-,15-14-,18-17-. The number of ether oxygens (including phenoxy) is 2. The first-order chi connectivity index (χ1) is 23.2. The van der Waals surface area contributed by atoms with Crippen LogP contribution in [0.5, 0.6) is 0 Å². The van der Waals surface area contributed by atoms with E-state index in [0.29, 0.717) is 12.8 Å². The van der Waals surface area contributed by atoms with Crippen LogP contribution in [-0.2, 0) is 32.7 Å². The number of esters is 2.